The number of nitrogens with zero attached hydrogens (tertiary/aromatic N) is 4. The summed E-state index contributed by atoms with van der Waals surface area (Å²) in [6.45, 7) is 2.54. The van der Waals surface area contributed by atoms with Crippen LogP contribution in [0.4, 0.5) is 5.82 Å². The molecule has 0 unspecified atom stereocenters. The summed E-state index contributed by atoms with van der Waals surface area (Å²) in [6, 6.07) is 1.90. The maximum atomic E-state index is 4.61. The number of aromatic nitrogens is 4. The van der Waals surface area contributed by atoms with E-state index in [2.05, 4.69) is 29.9 Å². The molecule has 6 heteroatoms. The molecule has 6 nitrogen and oxygen atoms in total. The first-order chi connectivity index (χ1) is 7.38. The van der Waals surface area contributed by atoms with E-state index < -0.39 is 0 Å². The Kier molecular flexibility index (Phi) is 2.87. The molecule has 0 aliphatic heterocycles. The Morgan fingerprint density at radius 1 is 1.33 bits per heavy atom. The fraction of sp³-hybridized carbons (Fsp3) is 0.333. The van der Waals surface area contributed by atoms with Gasteiger partial charge in [-0.3, -0.25) is 0 Å². The average Bonchev–Trinajstić information content (AvgIpc) is 2.79. The molecule has 0 aliphatic carbocycles. The Balaban J connectivity index is 1.98. The van der Waals surface area contributed by atoms with Crippen molar-refractivity contribution in [3.05, 3.63) is 30.3 Å². The van der Waals surface area contributed by atoms with Crippen LogP contribution < -0.4 is 5.32 Å². The molecule has 0 aliphatic rings. The van der Waals surface area contributed by atoms with Gasteiger partial charge in [0, 0.05) is 11.8 Å². The molecule has 78 valence electrons. The minimum Gasteiger partial charge on any atom is -0.363 e. The monoisotopic (exact) mass is 205 g/mol. The molecule has 2 aromatic rings. The van der Waals surface area contributed by atoms with E-state index in [-0.39, 0.29) is 0 Å². The molecular weight excluding hydrogens is 194 g/mol. The van der Waals surface area contributed by atoms with E-state index in [1.54, 1.807) is 0 Å². The van der Waals surface area contributed by atoms with Gasteiger partial charge in [-0.2, -0.15) is 4.98 Å². The van der Waals surface area contributed by atoms with E-state index in [0.717, 1.165) is 17.9 Å². The van der Waals surface area contributed by atoms with Crippen molar-refractivity contribution >= 4 is 5.82 Å². The molecule has 1 N–H and O–H groups in total. The van der Waals surface area contributed by atoms with Crippen LogP contribution in [0.5, 0.6) is 0 Å². The zero-order valence-corrected chi connectivity index (χ0v) is 8.34. The third-order valence-corrected chi connectivity index (χ3v) is 1.92. The van der Waals surface area contributed by atoms with Crippen molar-refractivity contribution in [2.24, 2.45) is 0 Å². The van der Waals surface area contributed by atoms with Crippen molar-refractivity contribution in [1.82, 2.24) is 20.1 Å². The fourth-order valence-corrected chi connectivity index (χ4v) is 1.13. The summed E-state index contributed by atoms with van der Waals surface area (Å²) >= 11 is 0. The average molecular weight is 205 g/mol. The van der Waals surface area contributed by atoms with Gasteiger partial charge in [-0.15, -0.1) is 0 Å². The van der Waals surface area contributed by atoms with Gasteiger partial charge in [-0.05, 0) is 6.42 Å². The highest BCUT2D eigenvalue weighted by Crippen LogP contribution is 2.05. The molecule has 0 fully saturated rings. The largest absolute Gasteiger partial charge is 0.363 e. The van der Waals surface area contributed by atoms with Gasteiger partial charge in [-0.1, -0.05) is 12.1 Å². The lowest BCUT2D eigenvalue weighted by Gasteiger charge is -2.02. The lowest BCUT2D eigenvalue weighted by Crippen LogP contribution is -2.03. The normalized spacial score (nSPS) is 10.2. The Hall–Kier alpha value is -1.98. The quantitative estimate of drug-likeness (QED) is 0.803. The topological polar surface area (TPSA) is 76.7 Å². The zero-order chi connectivity index (χ0) is 10.5. The zero-order valence-electron chi connectivity index (χ0n) is 8.34. The fourth-order valence-electron chi connectivity index (χ4n) is 1.13. The Morgan fingerprint density at radius 2 is 2.27 bits per heavy atom. The van der Waals surface area contributed by atoms with Crippen LogP contribution in [0.15, 0.2) is 23.3 Å². The number of rotatable bonds is 4. The van der Waals surface area contributed by atoms with Crippen molar-refractivity contribution in [2.45, 2.75) is 19.9 Å². The van der Waals surface area contributed by atoms with Gasteiger partial charge in [-0.25, -0.2) is 9.97 Å². The minimum absolute atomic E-state index is 0.497. The highest BCUT2D eigenvalue weighted by Gasteiger charge is 2.00. The van der Waals surface area contributed by atoms with Crippen molar-refractivity contribution in [1.29, 1.82) is 0 Å². The number of aryl methyl sites for hydroxylation is 1. The predicted molar refractivity (Wildman–Crippen MR) is 53.0 cm³/mol. The maximum Gasteiger partial charge on any atom is 0.213 e. The molecule has 2 heterocycles. The molecule has 0 spiro atoms. The molecule has 0 saturated heterocycles. The first-order valence-corrected chi connectivity index (χ1v) is 4.68. The van der Waals surface area contributed by atoms with E-state index in [1.807, 2.05) is 13.0 Å². The van der Waals surface area contributed by atoms with Crippen LogP contribution in [0.1, 0.15) is 18.4 Å². The van der Waals surface area contributed by atoms with Crippen molar-refractivity contribution in [3.8, 4) is 0 Å². The van der Waals surface area contributed by atoms with Crippen LogP contribution in [0, 0.1) is 0 Å². The van der Waals surface area contributed by atoms with Gasteiger partial charge in [0.05, 0.1) is 6.54 Å². The van der Waals surface area contributed by atoms with Crippen molar-refractivity contribution in [3.63, 3.8) is 0 Å². The second-order valence-electron chi connectivity index (χ2n) is 2.95. The summed E-state index contributed by atoms with van der Waals surface area (Å²) in [7, 11) is 0. The smallest absolute Gasteiger partial charge is 0.213 e. The Morgan fingerprint density at radius 3 is 3.00 bits per heavy atom. The van der Waals surface area contributed by atoms with Crippen molar-refractivity contribution < 1.29 is 4.52 Å². The van der Waals surface area contributed by atoms with E-state index in [1.165, 1.54) is 12.7 Å². The van der Waals surface area contributed by atoms with E-state index in [0.29, 0.717) is 12.4 Å². The summed E-state index contributed by atoms with van der Waals surface area (Å²) in [5.41, 5.74) is 1.00. The van der Waals surface area contributed by atoms with Crippen LogP contribution in [0.25, 0.3) is 0 Å². The number of anilines is 1. The summed E-state index contributed by atoms with van der Waals surface area (Å²) < 4.78 is 4.61. The van der Waals surface area contributed by atoms with E-state index >= 15 is 0 Å². The first-order valence-electron chi connectivity index (χ1n) is 4.68. The molecule has 15 heavy (non-hydrogen) atoms. The van der Waals surface area contributed by atoms with Gasteiger partial charge < -0.3 is 9.84 Å². The molecule has 0 amide bonds. The standard InChI is InChI=1S/C9H11N5O/c1-2-7-3-8(12-5-11-7)10-4-9-13-6-15-14-9/h3,5-6H,2,4H2,1H3,(H,10,11,12). The van der Waals surface area contributed by atoms with Crippen LogP contribution in [-0.2, 0) is 13.0 Å². The van der Waals surface area contributed by atoms with Crippen LogP contribution in [0.2, 0.25) is 0 Å². The Bertz CT molecular complexity index is 414. The SMILES string of the molecule is CCc1cc(NCc2ncon2)ncn1. The lowest BCUT2D eigenvalue weighted by molar-refractivity contribution is 0.411. The summed E-state index contributed by atoms with van der Waals surface area (Å²) in [5, 5.41) is 6.77. The number of hydrogen-bond donors (Lipinski definition) is 1. The molecule has 0 aromatic carbocycles. The summed E-state index contributed by atoms with van der Waals surface area (Å²) in [6.07, 6.45) is 3.73. The maximum absolute atomic E-state index is 4.61. The van der Waals surface area contributed by atoms with Crippen LogP contribution in [0.3, 0.4) is 0 Å². The third kappa shape index (κ3) is 2.49. The predicted octanol–water partition coefficient (Wildman–Crippen LogP) is 1.03. The number of nitrogens with one attached hydrogen (secondary N) is 1. The lowest BCUT2D eigenvalue weighted by atomic mass is 10.3. The highest BCUT2D eigenvalue weighted by atomic mass is 16.5. The second-order valence-corrected chi connectivity index (χ2v) is 2.95. The van der Waals surface area contributed by atoms with Gasteiger partial charge in [0.1, 0.15) is 12.1 Å². The molecule has 0 bridgehead atoms. The van der Waals surface area contributed by atoms with Crippen molar-refractivity contribution in [2.75, 3.05) is 5.32 Å². The summed E-state index contributed by atoms with van der Waals surface area (Å²) in [4.78, 5) is 12.1. The minimum atomic E-state index is 0.497. The Labute approximate surface area is 86.8 Å². The highest BCUT2D eigenvalue weighted by molar-refractivity contribution is 5.34. The molecule has 0 saturated carbocycles. The number of hydrogen-bond acceptors (Lipinski definition) is 6. The van der Waals surface area contributed by atoms with Crippen LogP contribution >= 0.6 is 0 Å². The first kappa shape index (κ1) is 9.57. The molecule has 2 aromatic heterocycles. The van der Waals surface area contributed by atoms with E-state index in [4.69, 9.17) is 0 Å². The summed E-state index contributed by atoms with van der Waals surface area (Å²) in [5.74, 6) is 1.37. The third-order valence-electron chi connectivity index (χ3n) is 1.92. The van der Waals surface area contributed by atoms with E-state index in [9.17, 15) is 0 Å². The molecule has 2 rings (SSSR count). The molecule has 0 atom stereocenters. The van der Waals surface area contributed by atoms with Gasteiger partial charge in [0.15, 0.2) is 5.82 Å². The van der Waals surface area contributed by atoms with Gasteiger partial charge >= 0.3 is 0 Å². The van der Waals surface area contributed by atoms with Crippen LogP contribution in [-0.4, -0.2) is 20.1 Å². The van der Waals surface area contributed by atoms with Gasteiger partial charge in [0.2, 0.25) is 6.39 Å². The molecule has 0 radical (unpaired) electrons. The second kappa shape index (κ2) is 4.50. The molecular formula is C9H11N5O. The van der Waals surface area contributed by atoms with Gasteiger partial charge in [0.25, 0.3) is 0 Å².